The van der Waals surface area contributed by atoms with E-state index < -0.39 is 47.5 Å². The number of ether oxygens (including phenoxy) is 1. The average molecular weight is 396 g/mol. The predicted molar refractivity (Wildman–Crippen MR) is 102 cm³/mol. The molecule has 0 radical (unpaired) electrons. The standard InChI is InChI=1S/C18H28N4O6/c1-11-9-22(16(26)20-15(11)25)21(10-14(23)24)13-8-6-5-7-12(13)19-17(27)28-18(2,3)4/h9,12-13H,5-8,10H2,1-4H3,(H,19,27)(H,23,24)(H,20,25,26)/t12-,13+/m0/s1. The molecule has 2 atom stereocenters. The van der Waals surface area contributed by atoms with Gasteiger partial charge in [-0.1, -0.05) is 12.8 Å². The van der Waals surface area contributed by atoms with Gasteiger partial charge in [-0.3, -0.25) is 19.6 Å². The third-order valence-electron chi connectivity index (χ3n) is 4.49. The zero-order valence-electron chi connectivity index (χ0n) is 16.7. The van der Waals surface area contributed by atoms with Crippen molar-refractivity contribution in [1.29, 1.82) is 0 Å². The first-order chi connectivity index (χ1) is 13.0. The fourth-order valence-electron chi connectivity index (χ4n) is 3.33. The molecular weight excluding hydrogens is 368 g/mol. The molecule has 10 heteroatoms. The molecule has 28 heavy (non-hydrogen) atoms. The minimum atomic E-state index is -1.13. The van der Waals surface area contributed by atoms with E-state index in [1.54, 1.807) is 20.8 Å². The Morgan fingerprint density at radius 3 is 2.57 bits per heavy atom. The normalized spacial score (nSPS) is 19.7. The lowest BCUT2D eigenvalue weighted by atomic mass is 9.90. The second-order valence-corrected chi connectivity index (χ2v) is 8.01. The SMILES string of the molecule is Cc1cn(N(CC(=O)O)[C@@H]2CCCC[C@@H]2NC(=O)OC(C)(C)C)c(=O)[nH]c1=O. The molecule has 1 aliphatic carbocycles. The molecule has 0 unspecified atom stereocenters. The molecule has 1 saturated carbocycles. The maximum absolute atomic E-state index is 12.3. The van der Waals surface area contributed by atoms with Gasteiger partial charge in [0.05, 0.1) is 12.1 Å². The molecular formula is C18H28N4O6. The first-order valence-electron chi connectivity index (χ1n) is 9.29. The van der Waals surface area contributed by atoms with Crippen molar-refractivity contribution >= 4 is 12.1 Å². The Morgan fingerprint density at radius 1 is 1.32 bits per heavy atom. The van der Waals surface area contributed by atoms with E-state index in [9.17, 15) is 24.3 Å². The van der Waals surface area contributed by atoms with E-state index in [1.165, 1.54) is 18.1 Å². The van der Waals surface area contributed by atoms with Crippen LogP contribution in [0.4, 0.5) is 4.79 Å². The Labute approximate surface area is 162 Å². The van der Waals surface area contributed by atoms with Crippen molar-refractivity contribution in [1.82, 2.24) is 15.0 Å². The number of aryl methyl sites for hydroxylation is 1. The summed E-state index contributed by atoms with van der Waals surface area (Å²) in [5.74, 6) is -1.13. The highest BCUT2D eigenvalue weighted by atomic mass is 16.6. The van der Waals surface area contributed by atoms with Gasteiger partial charge in [-0.2, -0.15) is 0 Å². The van der Waals surface area contributed by atoms with E-state index in [2.05, 4.69) is 10.3 Å². The van der Waals surface area contributed by atoms with E-state index in [0.717, 1.165) is 17.5 Å². The maximum atomic E-state index is 12.3. The highest BCUT2D eigenvalue weighted by Gasteiger charge is 2.34. The third-order valence-corrected chi connectivity index (χ3v) is 4.49. The van der Waals surface area contributed by atoms with Crippen LogP contribution >= 0.6 is 0 Å². The molecule has 1 amide bonds. The number of hydrogen-bond donors (Lipinski definition) is 3. The van der Waals surface area contributed by atoms with Gasteiger partial charge >= 0.3 is 17.8 Å². The van der Waals surface area contributed by atoms with Gasteiger partial charge in [0.15, 0.2) is 0 Å². The van der Waals surface area contributed by atoms with Gasteiger partial charge in [0.25, 0.3) is 5.56 Å². The van der Waals surface area contributed by atoms with Crippen LogP contribution in [0.3, 0.4) is 0 Å². The molecule has 2 rings (SSSR count). The van der Waals surface area contributed by atoms with Gasteiger partial charge in [-0.25, -0.2) is 14.3 Å². The molecule has 0 aliphatic heterocycles. The minimum Gasteiger partial charge on any atom is -0.480 e. The quantitative estimate of drug-likeness (QED) is 0.667. The van der Waals surface area contributed by atoms with Crippen LogP contribution in [0.5, 0.6) is 0 Å². The first-order valence-corrected chi connectivity index (χ1v) is 9.29. The summed E-state index contributed by atoms with van der Waals surface area (Å²) in [7, 11) is 0. The van der Waals surface area contributed by atoms with Crippen molar-refractivity contribution < 1.29 is 19.4 Å². The van der Waals surface area contributed by atoms with Crippen LogP contribution in [0.2, 0.25) is 0 Å². The van der Waals surface area contributed by atoms with Crippen molar-refractivity contribution in [2.75, 3.05) is 11.6 Å². The first kappa shape index (κ1) is 21.5. The number of nitrogens with one attached hydrogen (secondary N) is 2. The van der Waals surface area contributed by atoms with Crippen molar-refractivity contribution in [2.45, 2.75) is 71.1 Å². The Morgan fingerprint density at radius 2 is 1.96 bits per heavy atom. The number of alkyl carbamates (subject to hydrolysis) is 1. The molecule has 0 bridgehead atoms. The highest BCUT2D eigenvalue weighted by Crippen LogP contribution is 2.23. The van der Waals surface area contributed by atoms with Gasteiger partial charge in [0.1, 0.15) is 12.1 Å². The number of aliphatic carboxylic acids is 1. The molecule has 1 aliphatic rings. The van der Waals surface area contributed by atoms with Crippen molar-refractivity contribution in [3.05, 3.63) is 32.6 Å². The summed E-state index contributed by atoms with van der Waals surface area (Å²) in [5.41, 5.74) is -1.63. The number of carboxylic acid groups (broad SMARTS) is 1. The van der Waals surface area contributed by atoms with Crippen LogP contribution in [0.1, 0.15) is 52.0 Å². The monoisotopic (exact) mass is 396 g/mol. The van der Waals surface area contributed by atoms with Gasteiger partial charge < -0.3 is 15.2 Å². The molecule has 3 N–H and O–H groups in total. The topological polar surface area (TPSA) is 134 Å². The number of amides is 1. The maximum Gasteiger partial charge on any atom is 0.407 e. The van der Waals surface area contributed by atoms with Gasteiger partial charge in [0.2, 0.25) is 0 Å². The summed E-state index contributed by atoms with van der Waals surface area (Å²) in [5, 5.41) is 13.6. The van der Waals surface area contributed by atoms with E-state index in [0.29, 0.717) is 12.8 Å². The largest absolute Gasteiger partial charge is 0.480 e. The van der Waals surface area contributed by atoms with Crippen LogP contribution in [0, 0.1) is 6.92 Å². The summed E-state index contributed by atoms with van der Waals surface area (Å²) >= 11 is 0. The predicted octanol–water partition coefficient (Wildman–Crippen LogP) is 0.704. The van der Waals surface area contributed by atoms with Gasteiger partial charge in [-0.05, 0) is 40.5 Å². The average Bonchev–Trinajstić information content (AvgIpc) is 2.55. The number of rotatable bonds is 5. The summed E-state index contributed by atoms with van der Waals surface area (Å²) in [4.78, 5) is 49.9. The second kappa shape index (κ2) is 8.49. The van der Waals surface area contributed by atoms with E-state index >= 15 is 0 Å². The lowest BCUT2D eigenvalue weighted by molar-refractivity contribution is -0.135. The number of aromatic amines is 1. The number of nitrogens with zero attached hydrogens (tertiary/aromatic N) is 2. The van der Waals surface area contributed by atoms with E-state index in [1.807, 2.05) is 0 Å². The van der Waals surface area contributed by atoms with E-state index in [-0.39, 0.29) is 5.56 Å². The second-order valence-electron chi connectivity index (χ2n) is 8.01. The van der Waals surface area contributed by atoms with Crippen LogP contribution in [0.15, 0.2) is 15.8 Å². The Balaban J connectivity index is 2.36. The summed E-state index contributed by atoms with van der Waals surface area (Å²) in [6.45, 7) is 6.34. The van der Waals surface area contributed by atoms with Crippen molar-refractivity contribution in [2.24, 2.45) is 0 Å². The summed E-state index contributed by atoms with van der Waals surface area (Å²) in [6, 6.07) is -0.845. The van der Waals surface area contributed by atoms with Crippen LogP contribution in [-0.2, 0) is 9.53 Å². The Hall–Kier alpha value is -2.78. The fraction of sp³-hybridized carbons (Fsp3) is 0.667. The molecule has 1 aromatic rings. The number of H-pyrrole nitrogens is 1. The smallest absolute Gasteiger partial charge is 0.407 e. The van der Waals surface area contributed by atoms with E-state index in [4.69, 9.17) is 4.74 Å². The van der Waals surface area contributed by atoms with Crippen LogP contribution < -0.4 is 21.6 Å². The van der Waals surface area contributed by atoms with Crippen LogP contribution in [0.25, 0.3) is 0 Å². The zero-order chi connectivity index (χ0) is 21.1. The fourth-order valence-corrected chi connectivity index (χ4v) is 3.33. The minimum absolute atomic E-state index is 0.280. The molecule has 1 fully saturated rings. The summed E-state index contributed by atoms with van der Waals surface area (Å²) in [6.07, 6.45) is 3.62. The number of aromatic nitrogens is 2. The highest BCUT2D eigenvalue weighted by molar-refractivity contribution is 5.71. The van der Waals surface area contributed by atoms with Gasteiger partial charge in [-0.15, -0.1) is 0 Å². The Bertz CT molecular complexity index is 838. The number of carboxylic acids is 1. The Kier molecular flexibility index (Phi) is 6.52. The number of carbonyl (C=O) groups excluding carboxylic acids is 1. The summed E-state index contributed by atoms with van der Waals surface area (Å²) < 4.78 is 6.43. The lowest BCUT2D eigenvalue weighted by Gasteiger charge is -2.41. The molecule has 1 aromatic heterocycles. The molecule has 0 saturated heterocycles. The lowest BCUT2D eigenvalue weighted by Crippen LogP contribution is -2.61. The molecule has 0 spiro atoms. The van der Waals surface area contributed by atoms with Crippen LogP contribution in [-0.4, -0.2) is 51.1 Å². The van der Waals surface area contributed by atoms with Crippen molar-refractivity contribution in [3.63, 3.8) is 0 Å². The molecule has 1 heterocycles. The number of carbonyl (C=O) groups is 2. The third kappa shape index (κ3) is 5.61. The molecule has 10 nitrogen and oxygen atoms in total. The number of hydrogen-bond acceptors (Lipinski definition) is 6. The zero-order valence-corrected chi connectivity index (χ0v) is 16.7. The van der Waals surface area contributed by atoms with Gasteiger partial charge in [0, 0.05) is 11.8 Å². The molecule has 156 valence electrons. The van der Waals surface area contributed by atoms with Crippen molar-refractivity contribution in [3.8, 4) is 0 Å². The molecule has 0 aromatic carbocycles.